The predicted molar refractivity (Wildman–Crippen MR) is 131 cm³/mol. The maximum absolute atomic E-state index is 15.3. The van der Waals surface area contributed by atoms with Crippen molar-refractivity contribution in [3.05, 3.63) is 65.5 Å². The highest BCUT2D eigenvalue weighted by Crippen LogP contribution is 2.32. The Hall–Kier alpha value is -3.34. The molecule has 1 aliphatic rings. The first-order valence-electron chi connectivity index (χ1n) is 11.8. The van der Waals surface area contributed by atoms with Gasteiger partial charge in [-0.2, -0.15) is 5.10 Å². The average Bonchev–Trinajstić information content (AvgIpc) is 3.58. The van der Waals surface area contributed by atoms with Gasteiger partial charge in [0.05, 0.1) is 29.6 Å². The average molecular weight is 480 g/mol. The Morgan fingerprint density at radius 2 is 2.23 bits per heavy atom. The summed E-state index contributed by atoms with van der Waals surface area (Å²) in [6.07, 6.45) is 6.19. The lowest BCUT2D eigenvalue weighted by atomic mass is 9.98. The number of aromatic nitrogens is 4. The van der Waals surface area contributed by atoms with Gasteiger partial charge in [-0.3, -0.25) is 14.8 Å². The molecule has 1 aromatic carbocycles. The second-order valence-corrected chi connectivity index (χ2v) is 9.07. The number of carbonyl (C=O) groups excluding carboxylic acids is 1. The van der Waals surface area contributed by atoms with Gasteiger partial charge in [-0.1, -0.05) is 19.1 Å². The van der Waals surface area contributed by atoms with E-state index in [9.17, 15) is 4.79 Å². The van der Waals surface area contributed by atoms with Gasteiger partial charge in [-0.25, -0.2) is 9.37 Å². The molecule has 0 bridgehead atoms. The Labute approximate surface area is 202 Å². The van der Waals surface area contributed by atoms with Gasteiger partial charge in [0.25, 0.3) is 5.91 Å². The molecule has 1 fully saturated rings. The van der Waals surface area contributed by atoms with Crippen LogP contribution in [0, 0.1) is 12.7 Å². The first kappa shape index (κ1) is 23.4. The van der Waals surface area contributed by atoms with Crippen molar-refractivity contribution in [3.63, 3.8) is 0 Å². The number of carbonyl (C=O) groups is 1. The van der Waals surface area contributed by atoms with Crippen LogP contribution in [0.2, 0.25) is 0 Å². The summed E-state index contributed by atoms with van der Waals surface area (Å²) in [4.78, 5) is 20.2. The smallest absolute Gasteiger partial charge is 0.255 e. The number of likely N-dealkylation sites (N-methyl/N-ethyl adjacent to an activating group) is 1. The summed E-state index contributed by atoms with van der Waals surface area (Å²) in [6.45, 7) is 6.26. The summed E-state index contributed by atoms with van der Waals surface area (Å²) in [7, 11) is 1.59. The normalized spacial score (nSPS) is 18.3. The number of para-hydroxylation sites is 1. The van der Waals surface area contributed by atoms with E-state index in [0.29, 0.717) is 35.4 Å². The number of pyridine rings is 1. The summed E-state index contributed by atoms with van der Waals surface area (Å²) in [5.74, 6) is -0.755. The molecule has 1 amide bonds. The number of aryl methyl sites for hydroxylation is 1. The molecule has 1 saturated heterocycles. The van der Waals surface area contributed by atoms with Crippen LogP contribution in [0.1, 0.15) is 35.0 Å². The number of methoxy groups -OCH3 is 1. The minimum absolute atomic E-state index is 0.134. The van der Waals surface area contributed by atoms with Gasteiger partial charge in [0.15, 0.2) is 11.5 Å². The van der Waals surface area contributed by atoms with Crippen molar-refractivity contribution < 1.29 is 13.9 Å². The molecule has 10 heteroatoms. The molecule has 0 radical (unpaired) electrons. The number of H-pyrrole nitrogens is 1. The number of benzene rings is 1. The van der Waals surface area contributed by atoms with Crippen LogP contribution < -0.4 is 10.6 Å². The topological polar surface area (TPSA) is 99.6 Å². The van der Waals surface area contributed by atoms with Crippen molar-refractivity contribution in [2.75, 3.05) is 33.4 Å². The molecule has 2 atom stereocenters. The van der Waals surface area contributed by atoms with Crippen molar-refractivity contribution in [1.29, 1.82) is 0 Å². The van der Waals surface area contributed by atoms with Crippen molar-refractivity contribution in [3.8, 4) is 0 Å². The van der Waals surface area contributed by atoms with Crippen LogP contribution in [0.5, 0.6) is 0 Å². The molecule has 184 valence electrons. The number of fused-ring (bicyclic) bond motifs is 2. The SMILES string of the molecule is CCN[C@H]1CCN(C(COC)(NC(=O)c2cccc3cn[nH]c23)c2cc(F)c3nc(C)cn3c2)C1. The van der Waals surface area contributed by atoms with Crippen LogP contribution in [-0.2, 0) is 10.4 Å². The fourth-order valence-electron chi connectivity index (χ4n) is 5.13. The molecule has 9 nitrogen and oxygen atoms in total. The number of hydrogen-bond donors (Lipinski definition) is 3. The van der Waals surface area contributed by atoms with Gasteiger partial charge in [-0.05, 0) is 32.0 Å². The molecule has 35 heavy (non-hydrogen) atoms. The lowest BCUT2D eigenvalue weighted by molar-refractivity contribution is -0.00439. The number of nitrogens with zero attached hydrogens (tertiary/aromatic N) is 4. The fourth-order valence-corrected chi connectivity index (χ4v) is 5.13. The molecule has 4 heterocycles. The number of hydrogen-bond acceptors (Lipinski definition) is 6. The molecule has 3 aromatic heterocycles. The van der Waals surface area contributed by atoms with E-state index in [1.54, 1.807) is 30.0 Å². The monoisotopic (exact) mass is 479 g/mol. The molecule has 3 N–H and O–H groups in total. The number of imidazole rings is 1. The number of nitrogens with one attached hydrogen (secondary N) is 3. The van der Waals surface area contributed by atoms with Gasteiger partial charge >= 0.3 is 0 Å². The van der Waals surface area contributed by atoms with Gasteiger partial charge in [0.1, 0.15) is 5.66 Å². The largest absolute Gasteiger partial charge is 0.380 e. The summed E-state index contributed by atoms with van der Waals surface area (Å²) in [6, 6.07) is 7.18. The Morgan fingerprint density at radius 3 is 3.03 bits per heavy atom. The van der Waals surface area contributed by atoms with Crippen molar-refractivity contribution in [2.45, 2.75) is 32.0 Å². The van der Waals surface area contributed by atoms with E-state index in [2.05, 4.69) is 37.6 Å². The van der Waals surface area contributed by atoms with Gasteiger partial charge in [-0.15, -0.1) is 0 Å². The Bertz CT molecular complexity index is 1370. The number of ether oxygens (including phenoxy) is 1. The Morgan fingerprint density at radius 1 is 1.37 bits per heavy atom. The van der Waals surface area contributed by atoms with Gasteiger partial charge < -0.3 is 19.8 Å². The zero-order valence-electron chi connectivity index (χ0n) is 20.1. The van der Waals surface area contributed by atoms with Crippen molar-refractivity contribution >= 4 is 22.5 Å². The quantitative estimate of drug-likeness (QED) is 0.359. The number of halogens is 1. The van der Waals surface area contributed by atoms with Crippen LogP contribution in [-0.4, -0.2) is 69.8 Å². The molecular weight excluding hydrogens is 449 g/mol. The molecule has 1 aliphatic heterocycles. The standard InChI is InChI=1S/C25H30FN7O2/c1-4-27-19-8-9-33(14-19)25(15-35-3,18-10-21(26)23-29-16(2)12-32(23)13-18)30-24(34)20-7-5-6-17-11-28-31-22(17)20/h5-7,10-13,19,27H,4,8-9,14-15H2,1-3H3,(H,28,31)(H,30,34)/t19-,25?/m0/s1. The predicted octanol–water partition coefficient (Wildman–Crippen LogP) is 2.57. The molecular formula is C25H30FN7O2. The third kappa shape index (κ3) is 4.18. The van der Waals surface area contributed by atoms with Crippen LogP contribution in [0.3, 0.4) is 0 Å². The highest BCUT2D eigenvalue weighted by Gasteiger charge is 2.44. The van der Waals surface area contributed by atoms with E-state index in [0.717, 1.165) is 18.4 Å². The zero-order valence-corrected chi connectivity index (χ0v) is 20.1. The van der Waals surface area contributed by atoms with E-state index in [-0.39, 0.29) is 24.2 Å². The third-order valence-electron chi connectivity index (χ3n) is 6.72. The number of rotatable bonds is 8. The lowest BCUT2D eigenvalue weighted by Gasteiger charge is -2.42. The second-order valence-electron chi connectivity index (χ2n) is 9.07. The van der Waals surface area contributed by atoms with E-state index in [1.807, 2.05) is 25.3 Å². The second kappa shape index (κ2) is 9.37. The lowest BCUT2D eigenvalue weighted by Crippen LogP contribution is -2.60. The van der Waals surface area contributed by atoms with Crippen molar-refractivity contribution in [2.24, 2.45) is 0 Å². The summed E-state index contributed by atoms with van der Waals surface area (Å²) in [5.41, 5.74) is 1.55. The van der Waals surface area contributed by atoms with Crippen LogP contribution in [0.15, 0.2) is 42.9 Å². The minimum atomic E-state index is -1.11. The fraction of sp³-hybridized carbons (Fsp3) is 0.400. The first-order valence-corrected chi connectivity index (χ1v) is 11.8. The maximum Gasteiger partial charge on any atom is 0.255 e. The van der Waals surface area contributed by atoms with Crippen LogP contribution >= 0.6 is 0 Å². The maximum atomic E-state index is 15.3. The highest BCUT2D eigenvalue weighted by atomic mass is 19.1. The van der Waals surface area contributed by atoms with Gasteiger partial charge in [0.2, 0.25) is 0 Å². The molecule has 0 aliphatic carbocycles. The number of aromatic amines is 1. The molecule has 1 unspecified atom stereocenters. The Kier molecular flexibility index (Phi) is 6.26. The summed E-state index contributed by atoms with van der Waals surface area (Å²) < 4.78 is 22.6. The van der Waals surface area contributed by atoms with Crippen molar-refractivity contribution in [1.82, 2.24) is 35.1 Å². The van der Waals surface area contributed by atoms with E-state index < -0.39 is 11.5 Å². The minimum Gasteiger partial charge on any atom is -0.380 e. The van der Waals surface area contributed by atoms with E-state index >= 15 is 4.39 Å². The van der Waals surface area contributed by atoms with Crippen LogP contribution in [0.25, 0.3) is 16.6 Å². The Balaban J connectivity index is 1.63. The van der Waals surface area contributed by atoms with Gasteiger partial charge in [0, 0.05) is 49.6 Å². The van der Waals surface area contributed by atoms with E-state index in [1.165, 1.54) is 6.07 Å². The summed E-state index contributed by atoms with van der Waals surface area (Å²) in [5, 5.41) is 14.6. The third-order valence-corrected chi connectivity index (χ3v) is 6.72. The first-order chi connectivity index (χ1) is 16.9. The molecule has 5 rings (SSSR count). The molecule has 0 spiro atoms. The zero-order chi connectivity index (χ0) is 24.6. The highest BCUT2D eigenvalue weighted by molar-refractivity contribution is 6.05. The molecule has 0 saturated carbocycles. The number of amides is 1. The summed E-state index contributed by atoms with van der Waals surface area (Å²) >= 11 is 0. The number of likely N-dealkylation sites (tertiary alicyclic amines) is 1. The van der Waals surface area contributed by atoms with E-state index in [4.69, 9.17) is 4.74 Å². The molecule has 4 aromatic rings. The van der Waals surface area contributed by atoms with Crippen LogP contribution in [0.4, 0.5) is 4.39 Å².